The zero-order valence-electron chi connectivity index (χ0n) is 11.3. The number of rotatable bonds is 6. The highest BCUT2D eigenvalue weighted by Gasteiger charge is 2.07. The van der Waals surface area contributed by atoms with Crippen LogP contribution in [-0.4, -0.2) is 11.1 Å². The molecule has 0 heterocycles. The fourth-order valence-corrected chi connectivity index (χ4v) is 2.08. The lowest BCUT2D eigenvalue weighted by atomic mass is 10.0. The molecule has 0 aromatic heterocycles. The van der Waals surface area contributed by atoms with Gasteiger partial charge in [-0.1, -0.05) is 24.3 Å². The van der Waals surface area contributed by atoms with E-state index in [-0.39, 0.29) is 18.5 Å². The maximum atomic E-state index is 13.5. The smallest absolute Gasteiger partial charge is 0.307 e. The molecule has 0 spiro atoms. The van der Waals surface area contributed by atoms with E-state index in [0.29, 0.717) is 12.1 Å². The van der Waals surface area contributed by atoms with Crippen molar-refractivity contribution in [3.05, 3.63) is 70.8 Å². The summed E-state index contributed by atoms with van der Waals surface area (Å²) in [5, 5.41) is 11.9. The zero-order valence-corrected chi connectivity index (χ0v) is 11.3. The highest BCUT2D eigenvalue weighted by Crippen LogP contribution is 2.12. The van der Waals surface area contributed by atoms with Crippen LogP contribution in [-0.2, 0) is 24.3 Å². The minimum atomic E-state index is -0.904. The van der Waals surface area contributed by atoms with Gasteiger partial charge in [-0.3, -0.25) is 4.79 Å². The summed E-state index contributed by atoms with van der Waals surface area (Å²) in [7, 11) is 0. The van der Waals surface area contributed by atoms with Gasteiger partial charge in [-0.15, -0.1) is 0 Å². The number of aliphatic carboxylic acids is 1. The Bertz CT molecular complexity index is 644. The molecule has 0 atom stereocenters. The van der Waals surface area contributed by atoms with Crippen molar-refractivity contribution < 1.29 is 18.7 Å². The Labute approximate surface area is 121 Å². The second-order valence-corrected chi connectivity index (χ2v) is 4.68. The van der Waals surface area contributed by atoms with Gasteiger partial charge in [0, 0.05) is 18.7 Å². The number of carboxylic acids is 1. The van der Waals surface area contributed by atoms with Gasteiger partial charge in [0.05, 0.1) is 6.42 Å². The van der Waals surface area contributed by atoms with Gasteiger partial charge in [-0.2, -0.15) is 0 Å². The van der Waals surface area contributed by atoms with Crippen LogP contribution in [0, 0.1) is 11.6 Å². The van der Waals surface area contributed by atoms with E-state index in [1.165, 1.54) is 0 Å². The summed E-state index contributed by atoms with van der Waals surface area (Å²) in [4.78, 5) is 10.8. The van der Waals surface area contributed by atoms with Crippen LogP contribution in [0.3, 0.4) is 0 Å². The third kappa shape index (κ3) is 4.36. The van der Waals surface area contributed by atoms with Crippen LogP contribution in [0.5, 0.6) is 0 Å². The summed E-state index contributed by atoms with van der Waals surface area (Å²) in [5.74, 6) is -1.86. The predicted molar refractivity (Wildman–Crippen MR) is 74.7 cm³/mol. The van der Waals surface area contributed by atoms with Gasteiger partial charge in [0.1, 0.15) is 11.6 Å². The van der Waals surface area contributed by atoms with E-state index in [1.807, 2.05) is 12.1 Å². The normalized spacial score (nSPS) is 10.6. The van der Waals surface area contributed by atoms with Crippen molar-refractivity contribution in [1.29, 1.82) is 0 Å². The van der Waals surface area contributed by atoms with E-state index in [4.69, 9.17) is 5.11 Å². The fraction of sp³-hybridized carbons (Fsp3) is 0.188. The zero-order chi connectivity index (χ0) is 15.2. The van der Waals surface area contributed by atoms with E-state index >= 15 is 0 Å². The van der Waals surface area contributed by atoms with Crippen LogP contribution in [0.1, 0.15) is 16.7 Å². The SMILES string of the molecule is O=C(O)Cc1ccccc1CNCc1cc(F)ccc1F. The third-order valence-electron chi connectivity index (χ3n) is 3.10. The maximum Gasteiger partial charge on any atom is 0.307 e. The van der Waals surface area contributed by atoms with Gasteiger partial charge in [0.15, 0.2) is 0 Å². The van der Waals surface area contributed by atoms with Crippen molar-refractivity contribution in [3.63, 3.8) is 0 Å². The molecule has 110 valence electrons. The summed E-state index contributed by atoms with van der Waals surface area (Å²) in [6.07, 6.45) is -0.0633. The first-order chi connectivity index (χ1) is 10.1. The van der Waals surface area contributed by atoms with Crippen LogP contribution in [0.2, 0.25) is 0 Å². The van der Waals surface area contributed by atoms with E-state index in [2.05, 4.69) is 5.32 Å². The Morgan fingerprint density at radius 3 is 2.38 bits per heavy atom. The molecule has 21 heavy (non-hydrogen) atoms. The molecular formula is C16H15F2NO2. The minimum absolute atomic E-state index is 0.0633. The molecule has 2 N–H and O–H groups in total. The lowest BCUT2D eigenvalue weighted by Crippen LogP contribution is -2.16. The second-order valence-electron chi connectivity index (χ2n) is 4.68. The fourth-order valence-electron chi connectivity index (χ4n) is 2.08. The number of nitrogens with one attached hydrogen (secondary N) is 1. The minimum Gasteiger partial charge on any atom is -0.481 e. The van der Waals surface area contributed by atoms with Crippen molar-refractivity contribution in [2.75, 3.05) is 0 Å². The standard InChI is InChI=1S/C16H15F2NO2/c17-14-5-6-15(18)13(7-14)10-19-9-12-4-2-1-3-11(12)8-16(20)21/h1-7,19H,8-10H2,(H,20,21). The molecule has 5 heteroatoms. The highest BCUT2D eigenvalue weighted by molar-refractivity contribution is 5.70. The molecule has 0 aliphatic carbocycles. The summed E-state index contributed by atoms with van der Waals surface area (Å²) in [5.41, 5.74) is 1.78. The summed E-state index contributed by atoms with van der Waals surface area (Å²) >= 11 is 0. The summed E-state index contributed by atoms with van der Waals surface area (Å²) < 4.78 is 26.5. The van der Waals surface area contributed by atoms with Gasteiger partial charge < -0.3 is 10.4 Å². The topological polar surface area (TPSA) is 49.3 Å². The number of benzene rings is 2. The molecule has 2 aromatic rings. The van der Waals surface area contributed by atoms with Crippen LogP contribution >= 0.6 is 0 Å². The van der Waals surface area contributed by atoms with Gasteiger partial charge in [0.2, 0.25) is 0 Å². The average Bonchev–Trinajstić information content (AvgIpc) is 2.44. The second kappa shape index (κ2) is 6.95. The van der Waals surface area contributed by atoms with Crippen molar-refractivity contribution in [2.45, 2.75) is 19.5 Å². The molecule has 0 radical (unpaired) electrons. The Morgan fingerprint density at radius 2 is 1.67 bits per heavy atom. The first-order valence-corrected chi connectivity index (χ1v) is 6.49. The monoisotopic (exact) mass is 291 g/mol. The lowest BCUT2D eigenvalue weighted by molar-refractivity contribution is -0.136. The molecule has 0 aliphatic rings. The number of halogens is 2. The van der Waals surface area contributed by atoms with Gasteiger partial charge in [-0.05, 0) is 29.3 Å². The van der Waals surface area contributed by atoms with Gasteiger partial charge >= 0.3 is 5.97 Å². The van der Waals surface area contributed by atoms with Crippen LogP contribution in [0.15, 0.2) is 42.5 Å². The third-order valence-corrected chi connectivity index (χ3v) is 3.10. The van der Waals surface area contributed by atoms with Gasteiger partial charge in [-0.25, -0.2) is 8.78 Å². The van der Waals surface area contributed by atoms with Crippen LogP contribution < -0.4 is 5.32 Å². The van der Waals surface area contributed by atoms with E-state index in [1.54, 1.807) is 12.1 Å². The van der Waals surface area contributed by atoms with Crippen LogP contribution in [0.25, 0.3) is 0 Å². The molecule has 0 aliphatic heterocycles. The molecule has 0 amide bonds. The molecule has 0 saturated carbocycles. The van der Waals surface area contributed by atoms with E-state index < -0.39 is 17.6 Å². The maximum absolute atomic E-state index is 13.5. The number of carbonyl (C=O) groups is 1. The number of carboxylic acid groups (broad SMARTS) is 1. The Morgan fingerprint density at radius 1 is 1.00 bits per heavy atom. The first-order valence-electron chi connectivity index (χ1n) is 6.49. The Kier molecular flexibility index (Phi) is 5.00. The van der Waals surface area contributed by atoms with Crippen molar-refractivity contribution >= 4 is 5.97 Å². The number of hydrogen-bond donors (Lipinski definition) is 2. The molecule has 2 rings (SSSR count). The first kappa shape index (κ1) is 15.1. The molecule has 0 bridgehead atoms. The molecule has 0 fully saturated rings. The molecule has 3 nitrogen and oxygen atoms in total. The number of hydrogen-bond acceptors (Lipinski definition) is 2. The molecular weight excluding hydrogens is 276 g/mol. The Hall–Kier alpha value is -2.27. The quantitative estimate of drug-likeness (QED) is 0.860. The van der Waals surface area contributed by atoms with Crippen molar-refractivity contribution in [3.8, 4) is 0 Å². The molecule has 0 saturated heterocycles. The molecule has 2 aromatic carbocycles. The van der Waals surface area contributed by atoms with E-state index in [9.17, 15) is 13.6 Å². The van der Waals surface area contributed by atoms with Crippen molar-refractivity contribution in [2.24, 2.45) is 0 Å². The largest absolute Gasteiger partial charge is 0.481 e. The Balaban J connectivity index is 2.00. The predicted octanol–water partition coefficient (Wildman–Crippen LogP) is 2.88. The summed E-state index contributed by atoms with van der Waals surface area (Å²) in [6, 6.07) is 10.4. The summed E-state index contributed by atoms with van der Waals surface area (Å²) in [6.45, 7) is 0.560. The van der Waals surface area contributed by atoms with E-state index in [0.717, 1.165) is 23.8 Å². The van der Waals surface area contributed by atoms with Crippen LogP contribution in [0.4, 0.5) is 8.78 Å². The molecule has 0 unspecified atom stereocenters. The average molecular weight is 291 g/mol. The van der Waals surface area contributed by atoms with Gasteiger partial charge in [0.25, 0.3) is 0 Å². The highest BCUT2D eigenvalue weighted by atomic mass is 19.1. The van der Waals surface area contributed by atoms with Crippen molar-refractivity contribution in [1.82, 2.24) is 5.32 Å². The lowest BCUT2D eigenvalue weighted by Gasteiger charge is -2.10.